The number of amides is 5. The Hall–Kier alpha value is -4.47. The Kier molecular flexibility index (Phi) is 23.6. The standard InChI is InChI=1S/C42H72FN7O8/c1-32(46-37(53)56-40(2,3)4)24-29-49(31-33-22-16-15-17-23-33)27-21-19-26-45-35(52)30-34(51)44-25-18-13-11-12-14-20-28-50(43)36(47-38(54)57-41(5,6)7)48-39(55)58-42(8,9)10/h15-17,22-23,32H,11-14,18-21,24-31H2,1-10H3,(H,44,51)(H,45,52)(H,46,53)(H,47,48,54,55). The number of carbonyl (C=O) groups is 5. The van der Waals surface area contributed by atoms with E-state index < -0.39 is 41.0 Å². The first-order chi connectivity index (χ1) is 27.0. The number of benzene rings is 1. The number of nitrogens with zero attached hydrogens (tertiary/aromatic N) is 3. The molecule has 0 bridgehead atoms. The summed E-state index contributed by atoms with van der Waals surface area (Å²) in [5.74, 6) is -1.25. The number of nitrogens with one attached hydrogen (secondary N) is 4. The van der Waals surface area contributed by atoms with Crippen molar-refractivity contribution >= 4 is 36.1 Å². The van der Waals surface area contributed by atoms with Gasteiger partial charge in [-0.25, -0.2) is 14.4 Å². The molecule has 0 radical (unpaired) electrons. The lowest BCUT2D eigenvalue weighted by Gasteiger charge is -2.25. The molecule has 0 aliphatic carbocycles. The Labute approximate surface area is 345 Å². The molecule has 0 aliphatic rings. The van der Waals surface area contributed by atoms with E-state index in [0.717, 1.165) is 64.6 Å². The van der Waals surface area contributed by atoms with Crippen molar-refractivity contribution in [2.24, 2.45) is 4.99 Å². The number of ether oxygens (including phenoxy) is 3. The fourth-order valence-electron chi connectivity index (χ4n) is 5.35. The van der Waals surface area contributed by atoms with Crippen LogP contribution in [-0.4, -0.2) is 102 Å². The second kappa shape index (κ2) is 26.5. The van der Waals surface area contributed by atoms with Crippen LogP contribution < -0.4 is 21.3 Å². The van der Waals surface area contributed by atoms with Crippen LogP contribution >= 0.6 is 0 Å². The minimum atomic E-state index is -1.04. The molecule has 15 nitrogen and oxygen atoms in total. The van der Waals surface area contributed by atoms with Gasteiger partial charge in [-0.2, -0.15) is 5.12 Å². The van der Waals surface area contributed by atoms with Crippen LogP contribution in [0, 0.1) is 0 Å². The Bertz CT molecular complexity index is 1430. The minimum Gasteiger partial charge on any atom is -0.444 e. The highest BCUT2D eigenvalue weighted by Crippen LogP contribution is 2.13. The van der Waals surface area contributed by atoms with E-state index in [1.165, 1.54) is 5.56 Å². The summed E-state index contributed by atoms with van der Waals surface area (Å²) in [5, 5.41) is 10.9. The molecule has 0 aromatic heterocycles. The molecule has 0 spiro atoms. The summed E-state index contributed by atoms with van der Waals surface area (Å²) in [6.45, 7) is 20.6. The lowest BCUT2D eigenvalue weighted by atomic mass is 10.1. The number of unbranched alkanes of at least 4 members (excludes halogenated alkanes) is 6. The maximum absolute atomic E-state index is 14.9. The number of alkyl carbamates (subject to hydrolysis) is 2. The van der Waals surface area contributed by atoms with Gasteiger partial charge < -0.3 is 30.2 Å². The topological polar surface area (TPSA) is 180 Å². The maximum Gasteiger partial charge on any atom is 0.437 e. The third-order valence-corrected chi connectivity index (χ3v) is 7.97. The molecule has 330 valence electrons. The molecule has 0 aliphatic heterocycles. The third kappa shape index (κ3) is 28.9. The van der Waals surface area contributed by atoms with Crippen molar-refractivity contribution in [1.82, 2.24) is 31.3 Å². The van der Waals surface area contributed by atoms with E-state index >= 15 is 0 Å². The maximum atomic E-state index is 14.9. The molecule has 1 rings (SSSR count). The fourth-order valence-corrected chi connectivity index (χ4v) is 5.35. The van der Waals surface area contributed by atoms with E-state index in [2.05, 4.69) is 43.3 Å². The molecule has 58 heavy (non-hydrogen) atoms. The van der Waals surface area contributed by atoms with Gasteiger partial charge in [-0.3, -0.25) is 19.8 Å². The van der Waals surface area contributed by atoms with E-state index in [0.29, 0.717) is 25.9 Å². The lowest BCUT2D eigenvalue weighted by molar-refractivity contribution is -0.129. The normalized spacial score (nSPS) is 12.7. The average molecular weight is 822 g/mol. The quantitative estimate of drug-likeness (QED) is 0.0228. The number of carbonyl (C=O) groups excluding carboxylic acids is 5. The van der Waals surface area contributed by atoms with Crippen LogP contribution in [0.3, 0.4) is 0 Å². The number of hydrogen-bond donors (Lipinski definition) is 4. The highest BCUT2D eigenvalue weighted by atomic mass is 19.2. The predicted octanol–water partition coefficient (Wildman–Crippen LogP) is 7.54. The van der Waals surface area contributed by atoms with Crippen LogP contribution in [0.4, 0.5) is 18.9 Å². The summed E-state index contributed by atoms with van der Waals surface area (Å²) in [7, 11) is 0. The Balaban J connectivity index is 2.31. The van der Waals surface area contributed by atoms with Crippen LogP contribution in [-0.2, 0) is 30.3 Å². The molecule has 0 fully saturated rings. The van der Waals surface area contributed by atoms with Crippen molar-refractivity contribution in [3.8, 4) is 0 Å². The molecule has 0 saturated heterocycles. The summed E-state index contributed by atoms with van der Waals surface area (Å²) < 4.78 is 30.6. The van der Waals surface area contributed by atoms with E-state index in [1.807, 2.05) is 45.9 Å². The molecule has 1 unspecified atom stereocenters. The Morgan fingerprint density at radius 2 is 1.17 bits per heavy atom. The minimum absolute atomic E-state index is 0.0571. The highest BCUT2D eigenvalue weighted by Gasteiger charge is 2.24. The molecule has 1 aromatic carbocycles. The Morgan fingerprint density at radius 1 is 0.672 bits per heavy atom. The van der Waals surface area contributed by atoms with Crippen molar-refractivity contribution in [1.29, 1.82) is 0 Å². The van der Waals surface area contributed by atoms with Gasteiger partial charge in [0.1, 0.15) is 23.2 Å². The van der Waals surface area contributed by atoms with Crippen molar-refractivity contribution in [2.75, 3.05) is 32.7 Å². The van der Waals surface area contributed by atoms with E-state index in [4.69, 9.17) is 14.2 Å². The van der Waals surface area contributed by atoms with Crippen molar-refractivity contribution in [3.63, 3.8) is 0 Å². The molecule has 1 aromatic rings. The zero-order chi connectivity index (χ0) is 43.8. The SMILES string of the molecule is CC(CCN(CCCCNC(=O)CC(=O)NCCCCCCCCN(F)C(=NC(=O)OC(C)(C)C)NC(=O)OC(C)(C)C)Cc1ccccc1)NC(=O)OC(C)(C)C. The lowest BCUT2D eigenvalue weighted by Crippen LogP contribution is -2.43. The van der Waals surface area contributed by atoms with Crippen LogP contribution in [0.25, 0.3) is 0 Å². The molecular formula is C42H72FN7O8. The van der Waals surface area contributed by atoms with Gasteiger partial charge >= 0.3 is 18.3 Å². The predicted molar refractivity (Wildman–Crippen MR) is 224 cm³/mol. The molecule has 4 N–H and O–H groups in total. The molecular weight excluding hydrogens is 750 g/mol. The van der Waals surface area contributed by atoms with Gasteiger partial charge in [0.05, 0.1) is 6.54 Å². The zero-order valence-corrected chi connectivity index (χ0v) is 36.8. The number of halogens is 1. The zero-order valence-electron chi connectivity index (χ0n) is 36.8. The summed E-state index contributed by atoms with van der Waals surface area (Å²) in [4.78, 5) is 67.2. The van der Waals surface area contributed by atoms with Gasteiger partial charge in [0, 0.05) is 32.2 Å². The first-order valence-corrected chi connectivity index (χ1v) is 20.6. The van der Waals surface area contributed by atoms with Crippen molar-refractivity contribution < 1.29 is 42.7 Å². The molecule has 0 heterocycles. The monoisotopic (exact) mass is 822 g/mol. The third-order valence-electron chi connectivity index (χ3n) is 7.97. The second-order valence-electron chi connectivity index (χ2n) is 17.4. The van der Waals surface area contributed by atoms with Gasteiger partial charge in [0.2, 0.25) is 17.8 Å². The van der Waals surface area contributed by atoms with E-state index in [9.17, 15) is 28.5 Å². The average Bonchev–Trinajstić information content (AvgIpc) is 3.07. The van der Waals surface area contributed by atoms with Gasteiger partial charge in [0.25, 0.3) is 0 Å². The van der Waals surface area contributed by atoms with Gasteiger partial charge in [-0.1, -0.05) is 60.5 Å². The van der Waals surface area contributed by atoms with Gasteiger partial charge in [0.15, 0.2) is 0 Å². The van der Waals surface area contributed by atoms with Crippen LogP contribution in [0.15, 0.2) is 35.3 Å². The smallest absolute Gasteiger partial charge is 0.437 e. The summed E-state index contributed by atoms with van der Waals surface area (Å²) in [5.41, 5.74) is -1.04. The van der Waals surface area contributed by atoms with Crippen LogP contribution in [0.5, 0.6) is 0 Å². The highest BCUT2D eigenvalue weighted by molar-refractivity contribution is 5.98. The number of guanidine groups is 1. The van der Waals surface area contributed by atoms with Crippen LogP contribution in [0.2, 0.25) is 0 Å². The first kappa shape index (κ1) is 51.5. The summed E-state index contributed by atoms with van der Waals surface area (Å²) >= 11 is 0. The van der Waals surface area contributed by atoms with Crippen LogP contribution in [0.1, 0.15) is 139 Å². The number of rotatable bonds is 22. The molecule has 5 amide bonds. The second-order valence-corrected chi connectivity index (χ2v) is 17.4. The van der Waals surface area contributed by atoms with Gasteiger partial charge in [-0.05, 0) is 113 Å². The van der Waals surface area contributed by atoms with Crippen molar-refractivity contribution in [2.45, 2.75) is 163 Å². The van der Waals surface area contributed by atoms with Crippen molar-refractivity contribution in [3.05, 3.63) is 35.9 Å². The van der Waals surface area contributed by atoms with E-state index in [1.54, 1.807) is 41.5 Å². The largest absolute Gasteiger partial charge is 0.444 e. The van der Waals surface area contributed by atoms with E-state index in [-0.39, 0.29) is 35.9 Å². The molecule has 0 saturated carbocycles. The molecule has 16 heteroatoms. The summed E-state index contributed by atoms with van der Waals surface area (Å²) in [6.07, 6.45) is 4.11. The fraction of sp³-hybridized carbons (Fsp3) is 0.714. The number of hydrogen-bond acceptors (Lipinski definition) is 9. The Morgan fingerprint density at radius 3 is 1.74 bits per heavy atom. The summed E-state index contributed by atoms with van der Waals surface area (Å²) in [6, 6.07) is 10.1. The molecule has 1 atom stereocenters. The first-order valence-electron chi connectivity index (χ1n) is 20.6. The number of aliphatic imine (C=N–C) groups is 1. The van der Waals surface area contributed by atoms with Gasteiger partial charge in [-0.15, -0.1) is 4.99 Å².